The normalized spacial score (nSPS) is 24.6. The molecule has 1 saturated carbocycles. The molecule has 0 bridgehead atoms. The van der Waals surface area contributed by atoms with Gasteiger partial charge in [-0.2, -0.15) is 13.2 Å². The van der Waals surface area contributed by atoms with Crippen molar-refractivity contribution in [2.24, 2.45) is 11.8 Å². The van der Waals surface area contributed by atoms with Crippen LogP contribution in [0.2, 0.25) is 0 Å². The Bertz CT molecular complexity index is 805. The van der Waals surface area contributed by atoms with Crippen molar-refractivity contribution in [3.05, 3.63) is 54.1 Å². The zero-order valence-corrected chi connectivity index (χ0v) is 18.7. The number of aliphatic hydroxyl groups excluding tert-OH is 3. The first-order valence-electron chi connectivity index (χ1n) is 11.3. The van der Waals surface area contributed by atoms with E-state index in [0.29, 0.717) is 19.3 Å². The predicted molar refractivity (Wildman–Crippen MR) is 119 cm³/mol. The second-order valence-electron chi connectivity index (χ2n) is 8.39. The number of ether oxygens (including phenoxy) is 1. The van der Waals surface area contributed by atoms with Crippen molar-refractivity contribution in [2.75, 3.05) is 6.61 Å². The maximum absolute atomic E-state index is 12.8. The number of hydrogen-bond acceptors (Lipinski definition) is 5. The van der Waals surface area contributed by atoms with E-state index in [1.807, 2.05) is 19.1 Å². The van der Waals surface area contributed by atoms with Crippen molar-refractivity contribution < 1.29 is 38.0 Å². The van der Waals surface area contributed by atoms with E-state index in [4.69, 9.17) is 4.74 Å². The molecule has 2 rings (SSSR count). The third kappa shape index (κ3) is 8.95. The second-order valence-corrected chi connectivity index (χ2v) is 8.39. The summed E-state index contributed by atoms with van der Waals surface area (Å²) in [6.07, 6.45) is 3.41. The summed E-state index contributed by atoms with van der Waals surface area (Å²) in [6, 6.07) is 4.42. The average Bonchev–Trinajstić information content (AvgIpc) is 3.04. The first-order valence-corrected chi connectivity index (χ1v) is 11.3. The van der Waals surface area contributed by atoms with Crippen molar-refractivity contribution in [1.82, 2.24) is 0 Å². The molecule has 3 N–H and O–H groups in total. The number of Topliss-reactive ketones (excluding diaryl/α,β-unsaturated/α-hetero) is 1. The molecule has 0 radical (unpaired) electrons. The van der Waals surface area contributed by atoms with Crippen LogP contribution in [0.5, 0.6) is 5.75 Å². The van der Waals surface area contributed by atoms with Gasteiger partial charge in [-0.25, -0.2) is 0 Å². The third-order valence-corrected chi connectivity index (χ3v) is 5.85. The molecule has 1 aliphatic carbocycles. The zero-order valence-electron chi connectivity index (χ0n) is 18.7. The number of benzene rings is 1. The van der Waals surface area contributed by atoms with E-state index in [0.717, 1.165) is 25.0 Å². The van der Waals surface area contributed by atoms with Gasteiger partial charge in [0.1, 0.15) is 24.2 Å². The van der Waals surface area contributed by atoms with E-state index in [2.05, 4.69) is 0 Å². The molecule has 0 unspecified atom stereocenters. The Morgan fingerprint density at radius 1 is 1.24 bits per heavy atom. The number of halogens is 3. The van der Waals surface area contributed by atoms with Gasteiger partial charge in [0.15, 0.2) is 0 Å². The first kappa shape index (κ1) is 27.1. The SMILES string of the molecule is CCC(=O)CCC/C=C\C[C@@H]1[C@@H](/C=C/[C@@H](O)COc2cccc(C(F)(F)F)c2)[C@H](O)C[C@@H]1O. The minimum absolute atomic E-state index is 0.00255. The van der Waals surface area contributed by atoms with Crippen LogP contribution in [0.4, 0.5) is 13.2 Å². The number of carbonyl (C=O) groups is 1. The van der Waals surface area contributed by atoms with Crippen LogP contribution in [0.1, 0.15) is 51.0 Å². The highest BCUT2D eigenvalue weighted by Crippen LogP contribution is 2.36. The molecule has 0 amide bonds. The molecular formula is C25H33F3O5. The number of ketones is 1. The van der Waals surface area contributed by atoms with Crippen LogP contribution in [0.25, 0.3) is 0 Å². The molecule has 8 heteroatoms. The maximum Gasteiger partial charge on any atom is 0.416 e. The fourth-order valence-corrected chi connectivity index (χ4v) is 3.93. The monoisotopic (exact) mass is 470 g/mol. The highest BCUT2D eigenvalue weighted by Gasteiger charge is 2.39. The van der Waals surface area contributed by atoms with Crippen molar-refractivity contribution in [3.8, 4) is 5.75 Å². The van der Waals surface area contributed by atoms with Gasteiger partial charge in [0, 0.05) is 25.2 Å². The van der Waals surface area contributed by atoms with Gasteiger partial charge in [0.05, 0.1) is 17.8 Å². The second kappa shape index (κ2) is 12.9. The van der Waals surface area contributed by atoms with Crippen LogP contribution >= 0.6 is 0 Å². The van der Waals surface area contributed by atoms with Crippen LogP contribution in [-0.4, -0.2) is 46.0 Å². The number of alkyl halides is 3. The molecule has 1 aliphatic rings. The van der Waals surface area contributed by atoms with E-state index in [1.54, 1.807) is 6.08 Å². The first-order chi connectivity index (χ1) is 15.6. The highest BCUT2D eigenvalue weighted by molar-refractivity contribution is 5.77. The smallest absolute Gasteiger partial charge is 0.416 e. The lowest BCUT2D eigenvalue weighted by Crippen LogP contribution is -2.21. The predicted octanol–water partition coefficient (Wildman–Crippen LogP) is 4.45. The fourth-order valence-electron chi connectivity index (χ4n) is 3.93. The molecule has 0 saturated heterocycles. The summed E-state index contributed by atoms with van der Waals surface area (Å²) in [6.45, 7) is 1.59. The lowest BCUT2D eigenvalue weighted by Gasteiger charge is -2.19. The van der Waals surface area contributed by atoms with Crippen molar-refractivity contribution in [3.63, 3.8) is 0 Å². The Morgan fingerprint density at radius 2 is 2.00 bits per heavy atom. The van der Waals surface area contributed by atoms with Crippen molar-refractivity contribution in [2.45, 2.75) is 69.9 Å². The summed E-state index contributed by atoms with van der Waals surface area (Å²) in [5.41, 5.74) is -0.832. The Hall–Kier alpha value is -2.16. The minimum atomic E-state index is -4.48. The largest absolute Gasteiger partial charge is 0.491 e. The number of carbonyl (C=O) groups excluding carboxylic acids is 1. The third-order valence-electron chi connectivity index (χ3n) is 5.85. The Balaban J connectivity index is 1.86. The molecule has 0 spiro atoms. The van der Waals surface area contributed by atoms with E-state index in [1.165, 1.54) is 18.2 Å². The fraction of sp³-hybridized carbons (Fsp3) is 0.560. The molecule has 184 valence electrons. The van der Waals surface area contributed by atoms with E-state index < -0.39 is 30.1 Å². The molecule has 33 heavy (non-hydrogen) atoms. The molecule has 5 atom stereocenters. The van der Waals surface area contributed by atoms with E-state index in [9.17, 15) is 33.3 Å². The van der Waals surface area contributed by atoms with Crippen molar-refractivity contribution >= 4 is 5.78 Å². The number of unbranched alkanes of at least 4 members (excludes halogenated alkanes) is 1. The Labute approximate surface area is 192 Å². The average molecular weight is 471 g/mol. The summed E-state index contributed by atoms with van der Waals surface area (Å²) in [5.74, 6) is -0.355. The van der Waals surface area contributed by atoms with Gasteiger partial charge in [-0.05, 0) is 43.4 Å². The standard InChI is InChI=1S/C25H33F3O5/c1-2-18(29)9-5-3-4-6-11-21-22(24(32)15-23(21)31)13-12-19(30)16-33-20-10-7-8-17(14-20)25(26,27)28/h4,6-8,10,12-14,19,21-24,30-32H,2-3,5,9,11,15-16H2,1H3/b6-4-,13-12+/t19-,21-,22-,23+,24-/m1/s1. The van der Waals surface area contributed by atoms with Crippen LogP contribution in [0.15, 0.2) is 48.6 Å². The molecule has 1 fully saturated rings. The summed E-state index contributed by atoms with van der Waals surface area (Å²) in [4.78, 5) is 11.3. The molecule has 0 heterocycles. The number of hydrogen-bond donors (Lipinski definition) is 3. The van der Waals surface area contributed by atoms with Crippen LogP contribution in [0, 0.1) is 11.8 Å². The van der Waals surface area contributed by atoms with Gasteiger partial charge >= 0.3 is 6.18 Å². The van der Waals surface area contributed by atoms with Gasteiger partial charge in [0.2, 0.25) is 0 Å². The van der Waals surface area contributed by atoms with Gasteiger partial charge in [-0.1, -0.05) is 37.3 Å². The molecular weight excluding hydrogens is 437 g/mol. The molecule has 1 aromatic rings. The van der Waals surface area contributed by atoms with Gasteiger partial charge < -0.3 is 20.1 Å². The quantitative estimate of drug-likeness (QED) is 0.310. The summed E-state index contributed by atoms with van der Waals surface area (Å²) < 4.78 is 43.6. The summed E-state index contributed by atoms with van der Waals surface area (Å²) in [7, 11) is 0. The molecule has 1 aromatic carbocycles. The van der Waals surface area contributed by atoms with Crippen LogP contribution in [-0.2, 0) is 11.0 Å². The Morgan fingerprint density at radius 3 is 2.70 bits per heavy atom. The highest BCUT2D eigenvalue weighted by atomic mass is 19.4. The minimum Gasteiger partial charge on any atom is -0.491 e. The Kier molecular flexibility index (Phi) is 10.6. The lowest BCUT2D eigenvalue weighted by molar-refractivity contribution is -0.137. The van der Waals surface area contributed by atoms with Crippen molar-refractivity contribution in [1.29, 1.82) is 0 Å². The summed E-state index contributed by atoms with van der Waals surface area (Å²) >= 11 is 0. The summed E-state index contributed by atoms with van der Waals surface area (Å²) in [5, 5.41) is 30.7. The number of allylic oxidation sites excluding steroid dienone is 2. The number of rotatable bonds is 12. The van der Waals surface area contributed by atoms with E-state index in [-0.39, 0.29) is 36.4 Å². The van der Waals surface area contributed by atoms with E-state index >= 15 is 0 Å². The van der Waals surface area contributed by atoms with Gasteiger partial charge in [-0.3, -0.25) is 4.79 Å². The topological polar surface area (TPSA) is 87.0 Å². The molecule has 5 nitrogen and oxygen atoms in total. The maximum atomic E-state index is 12.8. The zero-order chi connectivity index (χ0) is 24.4. The van der Waals surface area contributed by atoms with Gasteiger partial charge in [0.25, 0.3) is 0 Å². The van der Waals surface area contributed by atoms with Crippen LogP contribution < -0.4 is 4.74 Å². The molecule has 0 aliphatic heterocycles. The van der Waals surface area contributed by atoms with Crippen LogP contribution in [0.3, 0.4) is 0 Å². The molecule has 0 aromatic heterocycles. The lowest BCUT2D eigenvalue weighted by atomic mass is 9.89. The number of aliphatic hydroxyl groups is 3. The van der Waals surface area contributed by atoms with Gasteiger partial charge in [-0.15, -0.1) is 0 Å².